The number of hydrogen-bond donors (Lipinski definition) is 0. The average molecular weight is 983 g/mol. The maximum absolute atomic E-state index is 2.49. The zero-order chi connectivity index (χ0) is 52.0. The summed E-state index contributed by atoms with van der Waals surface area (Å²) < 4.78 is 0. The SMILES string of the molecule is CC1(C)c2cc(-c3ccc4c(c3)C(C)(C)c3cc(-c5cc6ccccc6cc5-c5ccccc5)ccc3-4)ccc2-c2ccc(-c3ccc4c(c3)C(C)(C)c3cc(-c5cc6ccccc6cc5-c5ccccc5)ccc3-4)cc21. The van der Waals surface area contributed by atoms with Crippen molar-refractivity contribution in [3.05, 3.63) is 276 Å². The number of benzene rings is 12. The lowest BCUT2D eigenvalue weighted by Crippen LogP contribution is -2.16. The van der Waals surface area contributed by atoms with E-state index in [1.165, 1.54) is 155 Å². The first-order chi connectivity index (χ1) is 37.4. The van der Waals surface area contributed by atoms with Gasteiger partial charge in [0.25, 0.3) is 0 Å². The molecule has 366 valence electrons. The van der Waals surface area contributed by atoms with Gasteiger partial charge in [0.1, 0.15) is 0 Å². The molecule has 3 aliphatic carbocycles. The van der Waals surface area contributed by atoms with Crippen LogP contribution >= 0.6 is 0 Å². The molecule has 0 unspecified atom stereocenters. The fourth-order valence-corrected chi connectivity index (χ4v) is 13.9. The van der Waals surface area contributed by atoms with Crippen LogP contribution < -0.4 is 0 Å². The lowest BCUT2D eigenvalue weighted by atomic mass is 9.79. The van der Waals surface area contributed by atoms with Crippen LogP contribution in [0.15, 0.2) is 243 Å². The van der Waals surface area contributed by atoms with Crippen LogP contribution in [0.5, 0.6) is 0 Å². The highest BCUT2D eigenvalue weighted by molar-refractivity contribution is 6.00. The molecule has 3 aliphatic rings. The molecule has 0 spiro atoms. The smallest absolute Gasteiger partial charge is 0.0159 e. The molecule has 0 fully saturated rings. The molecule has 0 saturated carbocycles. The molecule has 0 heteroatoms. The van der Waals surface area contributed by atoms with Gasteiger partial charge in [-0.3, -0.25) is 0 Å². The van der Waals surface area contributed by atoms with Crippen LogP contribution in [0.1, 0.15) is 74.9 Å². The molecular formula is C77H58. The van der Waals surface area contributed by atoms with Crippen molar-refractivity contribution in [1.82, 2.24) is 0 Å². The Morgan fingerprint density at radius 2 is 0.377 bits per heavy atom. The Hall–Kier alpha value is -8.84. The second-order valence-electron chi connectivity index (χ2n) is 23.7. The van der Waals surface area contributed by atoms with E-state index in [9.17, 15) is 0 Å². The van der Waals surface area contributed by atoms with Crippen molar-refractivity contribution in [3.8, 4) is 100 Å². The molecule has 0 aromatic heterocycles. The summed E-state index contributed by atoms with van der Waals surface area (Å²) in [6.07, 6.45) is 0. The number of hydrogen-bond acceptors (Lipinski definition) is 0. The van der Waals surface area contributed by atoms with Gasteiger partial charge in [0.2, 0.25) is 0 Å². The van der Waals surface area contributed by atoms with Gasteiger partial charge >= 0.3 is 0 Å². The van der Waals surface area contributed by atoms with Crippen LogP contribution in [-0.2, 0) is 16.2 Å². The Morgan fingerprint density at radius 3 is 0.636 bits per heavy atom. The molecule has 0 amide bonds. The molecule has 12 aromatic rings. The summed E-state index contributed by atoms with van der Waals surface area (Å²) in [6.45, 7) is 14.5. The van der Waals surface area contributed by atoms with Crippen molar-refractivity contribution < 1.29 is 0 Å². The van der Waals surface area contributed by atoms with Gasteiger partial charge in [-0.1, -0.05) is 224 Å². The number of rotatable bonds is 6. The highest BCUT2D eigenvalue weighted by atomic mass is 14.4. The van der Waals surface area contributed by atoms with Gasteiger partial charge in [-0.2, -0.15) is 0 Å². The van der Waals surface area contributed by atoms with Gasteiger partial charge in [-0.15, -0.1) is 0 Å². The van der Waals surface area contributed by atoms with E-state index < -0.39 is 0 Å². The van der Waals surface area contributed by atoms with Crippen molar-refractivity contribution in [1.29, 1.82) is 0 Å². The van der Waals surface area contributed by atoms with Gasteiger partial charge < -0.3 is 0 Å². The summed E-state index contributed by atoms with van der Waals surface area (Å²) in [5, 5.41) is 5.04. The van der Waals surface area contributed by atoms with E-state index >= 15 is 0 Å². The second-order valence-corrected chi connectivity index (χ2v) is 23.7. The highest BCUT2D eigenvalue weighted by Gasteiger charge is 2.39. The predicted molar refractivity (Wildman–Crippen MR) is 327 cm³/mol. The molecule has 12 aromatic carbocycles. The lowest BCUT2D eigenvalue weighted by Gasteiger charge is -2.24. The van der Waals surface area contributed by atoms with Crippen molar-refractivity contribution >= 4 is 21.5 Å². The zero-order valence-corrected chi connectivity index (χ0v) is 44.6. The summed E-state index contributed by atoms with van der Waals surface area (Å²) in [6, 6.07) is 91.9. The van der Waals surface area contributed by atoms with Crippen molar-refractivity contribution in [3.63, 3.8) is 0 Å². The number of fused-ring (bicyclic) bond motifs is 11. The molecule has 0 heterocycles. The Bertz CT molecular complexity index is 4160. The maximum atomic E-state index is 2.49. The van der Waals surface area contributed by atoms with Crippen molar-refractivity contribution in [2.45, 2.75) is 57.8 Å². The van der Waals surface area contributed by atoms with Crippen LogP contribution in [0.4, 0.5) is 0 Å². The van der Waals surface area contributed by atoms with Gasteiger partial charge in [0, 0.05) is 16.2 Å². The Balaban J connectivity index is 0.733. The van der Waals surface area contributed by atoms with E-state index in [-0.39, 0.29) is 16.2 Å². The first-order valence-corrected chi connectivity index (χ1v) is 27.5. The van der Waals surface area contributed by atoms with E-state index in [2.05, 4.69) is 284 Å². The van der Waals surface area contributed by atoms with Gasteiger partial charge in [0.05, 0.1) is 0 Å². The van der Waals surface area contributed by atoms with Gasteiger partial charge in [-0.25, -0.2) is 0 Å². The summed E-state index contributed by atoms with van der Waals surface area (Å²) in [5.74, 6) is 0. The zero-order valence-electron chi connectivity index (χ0n) is 44.6. The summed E-state index contributed by atoms with van der Waals surface area (Å²) in [4.78, 5) is 0. The van der Waals surface area contributed by atoms with Gasteiger partial charge in [0.15, 0.2) is 0 Å². The predicted octanol–water partition coefficient (Wildman–Crippen LogP) is 20.9. The van der Waals surface area contributed by atoms with E-state index in [0.29, 0.717) is 0 Å². The third-order valence-corrected chi connectivity index (χ3v) is 18.3. The summed E-state index contributed by atoms with van der Waals surface area (Å²) in [5.41, 5.74) is 31.0. The van der Waals surface area contributed by atoms with Crippen LogP contribution in [0, 0.1) is 0 Å². The minimum absolute atomic E-state index is 0.175. The van der Waals surface area contributed by atoms with E-state index in [1.807, 2.05) is 0 Å². The van der Waals surface area contributed by atoms with Crippen LogP contribution in [0.3, 0.4) is 0 Å². The molecule has 0 saturated heterocycles. The average Bonchev–Trinajstić information content (AvgIpc) is 3.95. The lowest BCUT2D eigenvalue weighted by molar-refractivity contribution is 0.659. The maximum Gasteiger partial charge on any atom is 0.0159 e. The molecule has 0 atom stereocenters. The quantitative estimate of drug-likeness (QED) is 0.156. The second kappa shape index (κ2) is 16.6. The monoisotopic (exact) mass is 982 g/mol. The highest BCUT2D eigenvalue weighted by Crippen LogP contribution is 2.55. The Labute approximate surface area is 453 Å². The van der Waals surface area contributed by atoms with Crippen LogP contribution in [0.2, 0.25) is 0 Å². The molecular weight excluding hydrogens is 925 g/mol. The Morgan fingerprint density at radius 1 is 0.169 bits per heavy atom. The van der Waals surface area contributed by atoms with Crippen molar-refractivity contribution in [2.75, 3.05) is 0 Å². The first-order valence-electron chi connectivity index (χ1n) is 27.5. The topological polar surface area (TPSA) is 0 Å². The normalized spacial score (nSPS) is 14.7. The van der Waals surface area contributed by atoms with E-state index in [1.54, 1.807) is 0 Å². The third-order valence-electron chi connectivity index (χ3n) is 18.3. The van der Waals surface area contributed by atoms with Crippen molar-refractivity contribution in [2.24, 2.45) is 0 Å². The summed E-state index contributed by atoms with van der Waals surface area (Å²) in [7, 11) is 0. The molecule has 0 nitrogen and oxygen atoms in total. The first kappa shape index (κ1) is 45.5. The molecule has 0 aliphatic heterocycles. The standard InChI is InChI=1S/C77H58/c1-75(2)69-41-53(55-27-33-61-63-35-29-57(45-73(63)76(3,4)71(61)43-55)67-39-51-23-15-13-21-49(51)37-65(67)47-17-9-7-10-18-47)25-31-59(69)60-32-26-54(42-70(60)75)56-28-34-62-64-36-30-58(46-74(64)77(5,6)72(62)44-56)68-40-52-24-16-14-22-50(52)38-66(68)48-19-11-8-12-20-48/h7-46H,1-6H3. The molecule has 0 N–H and O–H groups in total. The minimum Gasteiger partial charge on any atom is -0.0622 e. The molecule has 0 bridgehead atoms. The van der Waals surface area contributed by atoms with E-state index in [4.69, 9.17) is 0 Å². The third kappa shape index (κ3) is 6.91. The van der Waals surface area contributed by atoms with E-state index in [0.717, 1.165) is 0 Å². The molecule has 77 heavy (non-hydrogen) atoms. The molecule has 15 rings (SSSR count). The van der Waals surface area contributed by atoms with Crippen LogP contribution in [-0.4, -0.2) is 0 Å². The fourth-order valence-electron chi connectivity index (χ4n) is 13.9. The summed E-state index contributed by atoms with van der Waals surface area (Å²) >= 11 is 0. The fraction of sp³-hybridized carbons (Fsp3) is 0.117. The largest absolute Gasteiger partial charge is 0.0622 e. The van der Waals surface area contributed by atoms with Gasteiger partial charge in [-0.05, 0) is 216 Å². The molecule has 0 radical (unpaired) electrons. The minimum atomic E-state index is -0.176. The Kier molecular flexibility index (Phi) is 9.81. The van der Waals surface area contributed by atoms with Crippen LogP contribution in [0.25, 0.3) is 122 Å².